The lowest BCUT2D eigenvalue weighted by molar-refractivity contribution is 0.392. The van der Waals surface area contributed by atoms with Crippen LogP contribution in [0.4, 0.5) is 0 Å². The highest BCUT2D eigenvalue weighted by Gasteiger charge is 2.28. The quantitative estimate of drug-likeness (QED) is 0.898. The van der Waals surface area contributed by atoms with E-state index in [-0.39, 0.29) is 23.5 Å². The molecule has 0 aromatic heterocycles. The fourth-order valence-corrected chi connectivity index (χ4v) is 3.88. The molecule has 1 saturated heterocycles. The van der Waals surface area contributed by atoms with Crippen molar-refractivity contribution in [2.24, 2.45) is 11.7 Å². The Balaban J connectivity index is 2.06. The zero-order chi connectivity index (χ0) is 12.5. The number of rotatable bonds is 2. The highest BCUT2D eigenvalue weighted by molar-refractivity contribution is 7.91. The van der Waals surface area contributed by atoms with Gasteiger partial charge in [-0.2, -0.15) is 0 Å². The summed E-state index contributed by atoms with van der Waals surface area (Å²) in [6, 6.07) is 7.36. The highest BCUT2D eigenvalue weighted by atomic mass is 35.5. The zero-order valence-corrected chi connectivity index (χ0v) is 11.0. The number of benzene rings is 1. The highest BCUT2D eigenvalue weighted by Crippen LogP contribution is 2.30. The molecule has 0 bridgehead atoms. The zero-order valence-electron chi connectivity index (χ0n) is 9.47. The summed E-state index contributed by atoms with van der Waals surface area (Å²) in [7, 11) is -2.81. The van der Waals surface area contributed by atoms with Gasteiger partial charge in [0.2, 0.25) is 0 Å². The Morgan fingerprint density at radius 1 is 1.18 bits per heavy atom. The normalized spacial score (nSPS) is 22.2. The van der Waals surface area contributed by atoms with Crippen molar-refractivity contribution in [3.63, 3.8) is 0 Å². The van der Waals surface area contributed by atoms with Gasteiger partial charge in [-0.1, -0.05) is 23.7 Å². The van der Waals surface area contributed by atoms with Gasteiger partial charge in [0, 0.05) is 11.1 Å². The summed E-state index contributed by atoms with van der Waals surface area (Å²) in [6.07, 6.45) is 1.32. The van der Waals surface area contributed by atoms with Crippen LogP contribution in [-0.2, 0) is 9.84 Å². The van der Waals surface area contributed by atoms with Crippen LogP contribution in [0.25, 0.3) is 0 Å². The van der Waals surface area contributed by atoms with E-state index in [9.17, 15) is 8.42 Å². The molecule has 2 rings (SSSR count). The van der Waals surface area contributed by atoms with Crippen LogP contribution in [0.3, 0.4) is 0 Å². The maximum absolute atomic E-state index is 11.3. The van der Waals surface area contributed by atoms with E-state index in [4.69, 9.17) is 17.3 Å². The van der Waals surface area contributed by atoms with Crippen molar-refractivity contribution in [3.05, 3.63) is 34.9 Å². The second kappa shape index (κ2) is 4.96. The number of hydrogen-bond donors (Lipinski definition) is 1. The van der Waals surface area contributed by atoms with Crippen LogP contribution in [0.5, 0.6) is 0 Å². The van der Waals surface area contributed by atoms with E-state index in [0.29, 0.717) is 17.9 Å². The largest absolute Gasteiger partial charge is 0.324 e. The first-order valence-electron chi connectivity index (χ1n) is 5.69. The molecule has 94 valence electrons. The van der Waals surface area contributed by atoms with Crippen LogP contribution in [0.1, 0.15) is 24.4 Å². The van der Waals surface area contributed by atoms with Crippen LogP contribution >= 0.6 is 11.6 Å². The monoisotopic (exact) mass is 273 g/mol. The molecule has 0 radical (unpaired) electrons. The summed E-state index contributed by atoms with van der Waals surface area (Å²) in [5.41, 5.74) is 7.20. The first-order valence-corrected chi connectivity index (χ1v) is 7.89. The second-order valence-corrected chi connectivity index (χ2v) is 7.31. The number of halogens is 1. The fourth-order valence-electron chi connectivity index (χ4n) is 2.22. The predicted octanol–water partition coefficient (Wildman–Crippen LogP) is 2.16. The maximum atomic E-state index is 11.3. The van der Waals surface area contributed by atoms with Crippen molar-refractivity contribution in [2.45, 2.75) is 18.9 Å². The molecule has 17 heavy (non-hydrogen) atoms. The lowest BCUT2D eigenvalue weighted by Crippen LogP contribution is -2.30. The van der Waals surface area contributed by atoms with Crippen molar-refractivity contribution >= 4 is 21.4 Å². The second-order valence-electron chi connectivity index (χ2n) is 4.57. The van der Waals surface area contributed by atoms with Gasteiger partial charge in [-0.05, 0) is 36.5 Å². The Morgan fingerprint density at radius 3 is 2.24 bits per heavy atom. The summed E-state index contributed by atoms with van der Waals surface area (Å²) < 4.78 is 22.7. The molecular weight excluding hydrogens is 258 g/mol. The average Bonchev–Trinajstić information content (AvgIpc) is 2.29. The molecule has 3 nitrogen and oxygen atoms in total. The molecule has 0 aliphatic carbocycles. The van der Waals surface area contributed by atoms with Crippen molar-refractivity contribution in [2.75, 3.05) is 11.5 Å². The number of hydrogen-bond acceptors (Lipinski definition) is 3. The minimum absolute atomic E-state index is 0.0947. The molecule has 5 heteroatoms. The van der Waals surface area contributed by atoms with Crippen LogP contribution in [0.15, 0.2) is 24.3 Å². The molecule has 1 aliphatic rings. The topological polar surface area (TPSA) is 60.2 Å². The molecule has 1 fully saturated rings. The van der Waals surface area contributed by atoms with E-state index in [1.165, 1.54) is 0 Å². The predicted molar refractivity (Wildman–Crippen MR) is 69.8 cm³/mol. The Morgan fingerprint density at radius 2 is 1.71 bits per heavy atom. The smallest absolute Gasteiger partial charge is 0.150 e. The maximum Gasteiger partial charge on any atom is 0.150 e. The number of sulfone groups is 1. The van der Waals surface area contributed by atoms with E-state index >= 15 is 0 Å². The standard InChI is InChI=1S/C12H16ClNO2S/c13-11-3-1-9(2-4-11)12(14)10-5-7-17(15,16)8-6-10/h1-4,10,12H,5-8,14H2. The summed E-state index contributed by atoms with van der Waals surface area (Å²) in [6.45, 7) is 0. The van der Waals surface area contributed by atoms with Crippen molar-refractivity contribution in [1.29, 1.82) is 0 Å². The van der Waals surface area contributed by atoms with Gasteiger partial charge in [-0.25, -0.2) is 8.42 Å². The van der Waals surface area contributed by atoms with Crippen LogP contribution in [-0.4, -0.2) is 19.9 Å². The van der Waals surface area contributed by atoms with E-state index in [1.54, 1.807) is 0 Å². The summed E-state index contributed by atoms with van der Waals surface area (Å²) >= 11 is 5.82. The van der Waals surface area contributed by atoms with Crippen LogP contribution < -0.4 is 5.73 Å². The molecule has 0 amide bonds. The lowest BCUT2D eigenvalue weighted by atomic mass is 9.89. The number of nitrogens with two attached hydrogens (primary N) is 1. The van der Waals surface area contributed by atoms with E-state index in [1.807, 2.05) is 24.3 Å². The first-order chi connectivity index (χ1) is 7.98. The van der Waals surface area contributed by atoms with E-state index in [2.05, 4.69) is 0 Å². The minimum Gasteiger partial charge on any atom is -0.324 e. The van der Waals surface area contributed by atoms with Gasteiger partial charge in [-0.15, -0.1) is 0 Å². The Hall–Kier alpha value is -0.580. The van der Waals surface area contributed by atoms with Gasteiger partial charge in [0.1, 0.15) is 9.84 Å². The first kappa shape index (κ1) is 12.9. The van der Waals surface area contributed by atoms with Crippen LogP contribution in [0.2, 0.25) is 5.02 Å². The third kappa shape index (κ3) is 3.21. The molecule has 1 aromatic carbocycles. The van der Waals surface area contributed by atoms with Crippen LogP contribution in [0, 0.1) is 5.92 Å². The van der Waals surface area contributed by atoms with Gasteiger partial charge in [0.05, 0.1) is 11.5 Å². The summed E-state index contributed by atoms with van der Waals surface area (Å²) in [5.74, 6) is 0.775. The summed E-state index contributed by atoms with van der Waals surface area (Å²) in [5, 5.41) is 0.687. The molecule has 1 aliphatic heterocycles. The molecule has 0 saturated carbocycles. The fraction of sp³-hybridized carbons (Fsp3) is 0.500. The van der Waals surface area contributed by atoms with Gasteiger partial charge < -0.3 is 5.73 Å². The van der Waals surface area contributed by atoms with Gasteiger partial charge in [0.25, 0.3) is 0 Å². The van der Waals surface area contributed by atoms with Gasteiger partial charge in [0.15, 0.2) is 0 Å². The molecule has 1 aromatic rings. The van der Waals surface area contributed by atoms with Crippen molar-refractivity contribution in [1.82, 2.24) is 0 Å². The molecule has 1 atom stereocenters. The Labute approximate surface area is 107 Å². The van der Waals surface area contributed by atoms with Crippen molar-refractivity contribution < 1.29 is 8.42 Å². The SMILES string of the molecule is NC(c1ccc(Cl)cc1)C1CCS(=O)(=O)CC1. The molecular formula is C12H16ClNO2S. The van der Waals surface area contributed by atoms with E-state index < -0.39 is 9.84 Å². The van der Waals surface area contributed by atoms with Gasteiger partial charge in [-0.3, -0.25) is 0 Å². The van der Waals surface area contributed by atoms with Crippen molar-refractivity contribution in [3.8, 4) is 0 Å². The molecule has 2 N–H and O–H groups in total. The lowest BCUT2D eigenvalue weighted by Gasteiger charge is -2.27. The summed E-state index contributed by atoms with van der Waals surface area (Å²) in [4.78, 5) is 0. The third-order valence-corrected chi connectivity index (χ3v) is 5.33. The third-order valence-electron chi connectivity index (χ3n) is 3.36. The molecule has 1 unspecified atom stereocenters. The molecule has 0 spiro atoms. The van der Waals surface area contributed by atoms with E-state index in [0.717, 1.165) is 5.56 Å². The average molecular weight is 274 g/mol. The Bertz CT molecular complexity index is 470. The van der Waals surface area contributed by atoms with Gasteiger partial charge >= 0.3 is 0 Å². The molecule has 1 heterocycles. The minimum atomic E-state index is -2.81. The Kier molecular flexibility index (Phi) is 3.76.